The maximum atomic E-state index is 12.3. The Kier molecular flexibility index (Phi) is 3.85. The van der Waals surface area contributed by atoms with Gasteiger partial charge in [-0.15, -0.1) is 0 Å². The number of hydrogen-bond acceptors (Lipinski definition) is 4. The third-order valence-electron chi connectivity index (χ3n) is 3.48. The SMILES string of the molecule is CCC(C)(CO)NS(=O)(=O)c1ccc2c(c1)CCO2. The third kappa shape index (κ3) is 2.91. The summed E-state index contributed by atoms with van der Waals surface area (Å²) < 4.78 is 32.5. The van der Waals surface area contributed by atoms with Crippen molar-refractivity contribution in [2.45, 2.75) is 37.1 Å². The average Bonchev–Trinajstić information content (AvgIpc) is 2.85. The van der Waals surface area contributed by atoms with Gasteiger partial charge in [0.25, 0.3) is 0 Å². The summed E-state index contributed by atoms with van der Waals surface area (Å²) in [5, 5.41) is 9.30. The van der Waals surface area contributed by atoms with Crippen LogP contribution < -0.4 is 9.46 Å². The van der Waals surface area contributed by atoms with E-state index in [1.807, 2.05) is 6.92 Å². The monoisotopic (exact) mass is 285 g/mol. The fraction of sp³-hybridized carbons (Fsp3) is 0.538. The summed E-state index contributed by atoms with van der Waals surface area (Å²) >= 11 is 0. The first-order chi connectivity index (χ1) is 8.90. The Hall–Kier alpha value is -1.11. The van der Waals surface area contributed by atoms with Crippen molar-refractivity contribution in [3.05, 3.63) is 23.8 Å². The topological polar surface area (TPSA) is 75.6 Å². The molecule has 0 spiro atoms. The molecule has 2 N–H and O–H groups in total. The van der Waals surface area contributed by atoms with Crippen LogP contribution in [0.15, 0.2) is 23.1 Å². The molecule has 1 aliphatic heterocycles. The Labute approximate surface area is 113 Å². The summed E-state index contributed by atoms with van der Waals surface area (Å²) in [6.45, 7) is 3.86. The number of fused-ring (bicyclic) bond motifs is 1. The molecule has 106 valence electrons. The molecule has 1 aromatic carbocycles. The molecule has 19 heavy (non-hydrogen) atoms. The van der Waals surface area contributed by atoms with Crippen LogP contribution in [0.2, 0.25) is 0 Å². The third-order valence-corrected chi connectivity index (χ3v) is 5.12. The number of benzene rings is 1. The molecule has 0 bridgehead atoms. The molecule has 0 fully saturated rings. The van der Waals surface area contributed by atoms with Crippen LogP contribution in [0.25, 0.3) is 0 Å². The summed E-state index contributed by atoms with van der Waals surface area (Å²) in [5.41, 5.74) is 0.0685. The van der Waals surface area contributed by atoms with E-state index in [1.54, 1.807) is 19.1 Å². The van der Waals surface area contributed by atoms with Crippen molar-refractivity contribution in [3.8, 4) is 5.75 Å². The van der Waals surface area contributed by atoms with E-state index < -0.39 is 15.6 Å². The zero-order valence-electron chi connectivity index (χ0n) is 11.1. The molecule has 0 saturated carbocycles. The highest BCUT2D eigenvalue weighted by molar-refractivity contribution is 7.89. The molecular formula is C13H19NO4S. The second kappa shape index (κ2) is 5.11. The summed E-state index contributed by atoms with van der Waals surface area (Å²) in [6.07, 6.45) is 1.24. The van der Waals surface area contributed by atoms with E-state index in [1.165, 1.54) is 6.07 Å². The summed E-state index contributed by atoms with van der Waals surface area (Å²) in [6, 6.07) is 4.84. The highest BCUT2D eigenvalue weighted by Gasteiger charge is 2.29. The molecule has 0 aliphatic carbocycles. The van der Waals surface area contributed by atoms with Crippen molar-refractivity contribution in [2.24, 2.45) is 0 Å². The van der Waals surface area contributed by atoms with E-state index in [4.69, 9.17) is 4.74 Å². The maximum absolute atomic E-state index is 12.3. The van der Waals surface area contributed by atoms with E-state index in [0.717, 1.165) is 17.7 Å². The predicted molar refractivity (Wildman–Crippen MR) is 71.7 cm³/mol. The van der Waals surface area contributed by atoms with Gasteiger partial charge in [0.1, 0.15) is 5.75 Å². The lowest BCUT2D eigenvalue weighted by Crippen LogP contribution is -2.48. The predicted octanol–water partition coefficient (Wildman–Crippen LogP) is 1.06. The lowest BCUT2D eigenvalue weighted by atomic mass is 10.0. The van der Waals surface area contributed by atoms with Crippen LogP contribution in [0, 0.1) is 0 Å². The van der Waals surface area contributed by atoms with Gasteiger partial charge in [0.05, 0.1) is 23.6 Å². The highest BCUT2D eigenvalue weighted by atomic mass is 32.2. The molecule has 1 aliphatic rings. The molecule has 2 rings (SSSR count). The van der Waals surface area contributed by atoms with Gasteiger partial charge in [0.2, 0.25) is 10.0 Å². The van der Waals surface area contributed by atoms with Gasteiger partial charge in [-0.3, -0.25) is 0 Å². The Morgan fingerprint density at radius 1 is 1.47 bits per heavy atom. The zero-order chi connectivity index (χ0) is 14.1. The average molecular weight is 285 g/mol. The van der Waals surface area contributed by atoms with Gasteiger partial charge in [0, 0.05) is 6.42 Å². The minimum atomic E-state index is -3.63. The highest BCUT2D eigenvalue weighted by Crippen LogP contribution is 2.28. The number of nitrogens with one attached hydrogen (secondary N) is 1. The van der Waals surface area contributed by atoms with Crippen molar-refractivity contribution in [3.63, 3.8) is 0 Å². The van der Waals surface area contributed by atoms with E-state index >= 15 is 0 Å². The molecule has 0 amide bonds. The fourth-order valence-corrected chi connectivity index (χ4v) is 3.45. The number of hydrogen-bond donors (Lipinski definition) is 2. The van der Waals surface area contributed by atoms with Crippen molar-refractivity contribution in [1.82, 2.24) is 4.72 Å². The minimum absolute atomic E-state index is 0.213. The van der Waals surface area contributed by atoms with Crippen molar-refractivity contribution in [1.29, 1.82) is 0 Å². The summed E-state index contributed by atoms with van der Waals surface area (Å²) in [4.78, 5) is 0.213. The van der Waals surface area contributed by atoms with Gasteiger partial charge in [-0.2, -0.15) is 0 Å². The van der Waals surface area contributed by atoms with Crippen LogP contribution in [0.1, 0.15) is 25.8 Å². The number of ether oxygens (including phenoxy) is 1. The molecule has 0 saturated heterocycles. The van der Waals surface area contributed by atoms with Gasteiger partial charge in [-0.25, -0.2) is 13.1 Å². The standard InChI is InChI=1S/C13H19NO4S/c1-3-13(2,9-15)14-19(16,17)11-4-5-12-10(8-11)6-7-18-12/h4-5,8,14-15H,3,6-7,9H2,1-2H3. The summed E-state index contributed by atoms with van der Waals surface area (Å²) in [7, 11) is -3.63. The van der Waals surface area contributed by atoms with E-state index in [9.17, 15) is 13.5 Å². The van der Waals surface area contributed by atoms with Crippen LogP contribution in [-0.4, -0.2) is 32.3 Å². The Morgan fingerprint density at radius 2 is 2.21 bits per heavy atom. The van der Waals surface area contributed by atoms with Gasteiger partial charge in [-0.1, -0.05) is 6.92 Å². The van der Waals surface area contributed by atoms with Crippen molar-refractivity contribution >= 4 is 10.0 Å². The van der Waals surface area contributed by atoms with Gasteiger partial charge in [0.15, 0.2) is 0 Å². The molecule has 1 heterocycles. The molecule has 0 radical (unpaired) electrons. The van der Waals surface area contributed by atoms with Crippen LogP contribution >= 0.6 is 0 Å². The van der Waals surface area contributed by atoms with Crippen LogP contribution in [0.5, 0.6) is 5.75 Å². The molecule has 6 heteroatoms. The van der Waals surface area contributed by atoms with E-state index in [0.29, 0.717) is 13.0 Å². The number of rotatable bonds is 5. The molecule has 5 nitrogen and oxygen atoms in total. The lowest BCUT2D eigenvalue weighted by Gasteiger charge is -2.26. The van der Waals surface area contributed by atoms with Crippen LogP contribution in [0.4, 0.5) is 0 Å². The molecular weight excluding hydrogens is 266 g/mol. The smallest absolute Gasteiger partial charge is 0.241 e. The second-order valence-corrected chi connectivity index (χ2v) is 6.73. The minimum Gasteiger partial charge on any atom is -0.493 e. The first-order valence-electron chi connectivity index (χ1n) is 6.31. The van der Waals surface area contributed by atoms with Crippen LogP contribution in [0.3, 0.4) is 0 Å². The van der Waals surface area contributed by atoms with Gasteiger partial charge >= 0.3 is 0 Å². The largest absolute Gasteiger partial charge is 0.493 e. The zero-order valence-corrected chi connectivity index (χ0v) is 12.0. The number of sulfonamides is 1. The van der Waals surface area contributed by atoms with Crippen molar-refractivity contribution in [2.75, 3.05) is 13.2 Å². The molecule has 1 atom stereocenters. The first-order valence-corrected chi connectivity index (χ1v) is 7.79. The lowest BCUT2D eigenvalue weighted by molar-refractivity contribution is 0.191. The summed E-state index contributed by atoms with van der Waals surface area (Å²) in [5.74, 6) is 0.749. The van der Waals surface area contributed by atoms with Crippen molar-refractivity contribution < 1.29 is 18.3 Å². The second-order valence-electron chi connectivity index (χ2n) is 5.05. The van der Waals surface area contributed by atoms with Gasteiger partial charge in [-0.05, 0) is 37.1 Å². The van der Waals surface area contributed by atoms with Gasteiger partial charge < -0.3 is 9.84 Å². The number of aliphatic hydroxyl groups is 1. The molecule has 1 unspecified atom stereocenters. The van der Waals surface area contributed by atoms with E-state index in [2.05, 4.69) is 4.72 Å². The Bertz CT molecular complexity index is 564. The van der Waals surface area contributed by atoms with E-state index in [-0.39, 0.29) is 11.5 Å². The normalized spacial score (nSPS) is 17.6. The van der Waals surface area contributed by atoms with Crippen LogP contribution in [-0.2, 0) is 16.4 Å². The Morgan fingerprint density at radius 3 is 2.84 bits per heavy atom. The first kappa shape index (κ1) is 14.3. The Balaban J connectivity index is 2.30. The maximum Gasteiger partial charge on any atom is 0.241 e. The fourth-order valence-electron chi connectivity index (χ4n) is 1.93. The number of aliphatic hydroxyl groups excluding tert-OH is 1. The quantitative estimate of drug-likeness (QED) is 0.848. The molecule has 1 aromatic rings. The molecule has 0 aromatic heterocycles.